The first-order valence-electron chi connectivity index (χ1n) is 14.4. The monoisotopic (exact) mass is 660 g/mol. The van der Waals surface area contributed by atoms with Gasteiger partial charge in [-0.2, -0.15) is 4.98 Å². The highest BCUT2D eigenvalue weighted by atomic mass is 32.2. The maximum absolute atomic E-state index is 13.8. The van der Waals surface area contributed by atoms with E-state index in [1.165, 1.54) is 36.4 Å². The number of likely N-dealkylation sites (tertiary alicyclic amines) is 1. The number of alkyl halides is 3. The number of aromatic nitrogens is 2. The van der Waals surface area contributed by atoms with Crippen LogP contribution in [0.2, 0.25) is 0 Å². The van der Waals surface area contributed by atoms with Crippen LogP contribution in [0.1, 0.15) is 30.7 Å². The Labute approximate surface area is 262 Å². The van der Waals surface area contributed by atoms with E-state index in [0.29, 0.717) is 49.7 Å². The Hall–Kier alpha value is -4.47. The van der Waals surface area contributed by atoms with Gasteiger partial charge in [-0.15, -0.1) is 13.2 Å². The number of hydroxylamine groups is 1. The number of rotatable bonds is 12. The van der Waals surface area contributed by atoms with Crippen molar-refractivity contribution >= 4 is 15.7 Å². The number of hydrogen-bond acceptors (Lipinski definition) is 10. The number of ether oxygens (including phenoxy) is 2. The van der Waals surface area contributed by atoms with Crippen molar-refractivity contribution in [3.05, 3.63) is 90.3 Å². The van der Waals surface area contributed by atoms with Gasteiger partial charge in [0.15, 0.2) is 14.6 Å². The van der Waals surface area contributed by atoms with Gasteiger partial charge in [-0.25, -0.2) is 13.9 Å². The van der Waals surface area contributed by atoms with E-state index in [-0.39, 0.29) is 35.9 Å². The van der Waals surface area contributed by atoms with E-state index in [0.717, 1.165) is 17.7 Å². The van der Waals surface area contributed by atoms with Crippen molar-refractivity contribution in [1.29, 1.82) is 0 Å². The first-order chi connectivity index (χ1) is 22.0. The lowest BCUT2D eigenvalue weighted by Crippen LogP contribution is -2.57. The van der Waals surface area contributed by atoms with Crippen molar-refractivity contribution in [1.82, 2.24) is 20.5 Å². The third-order valence-corrected chi connectivity index (χ3v) is 10.2. The molecule has 15 heteroatoms. The lowest BCUT2D eigenvalue weighted by Gasteiger charge is -2.39. The number of benzene rings is 3. The Balaban J connectivity index is 1.14. The van der Waals surface area contributed by atoms with Crippen LogP contribution in [0, 0.1) is 0 Å². The Morgan fingerprint density at radius 3 is 2.26 bits per heavy atom. The fourth-order valence-corrected chi connectivity index (χ4v) is 7.22. The van der Waals surface area contributed by atoms with Gasteiger partial charge in [-0.05, 0) is 73.4 Å². The highest BCUT2D eigenvalue weighted by molar-refractivity contribution is 7.93. The molecule has 2 N–H and O–H groups in total. The molecule has 46 heavy (non-hydrogen) atoms. The van der Waals surface area contributed by atoms with Gasteiger partial charge in [0, 0.05) is 31.6 Å². The zero-order valence-electron chi connectivity index (χ0n) is 24.4. The van der Waals surface area contributed by atoms with Crippen LogP contribution >= 0.6 is 0 Å². The van der Waals surface area contributed by atoms with Crippen molar-refractivity contribution in [2.75, 3.05) is 19.7 Å². The summed E-state index contributed by atoms with van der Waals surface area (Å²) >= 11 is 0. The summed E-state index contributed by atoms with van der Waals surface area (Å²) < 4.78 is 77.6. The molecular formula is C31H31F3N4O7S. The molecule has 2 heterocycles. The zero-order valence-corrected chi connectivity index (χ0v) is 25.3. The van der Waals surface area contributed by atoms with Gasteiger partial charge in [0.05, 0.1) is 11.5 Å². The number of carbonyl (C=O) groups is 1. The summed E-state index contributed by atoms with van der Waals surface area (Å²) in [6.07, 6.45) is -3.93. The maximum Gasteiger partial charge on any atom is 0.573 e. The first kappa shape index (κ1) is 32.9. The molecule has 0 radical (unpaired) electrons. The number of nitrogens with zero attached hydrogens (tertiary/aromatic N) is 3. The van der Waals surface area contributed by atoms with E-state index >= 15 is 0 Å². The van der Waals surface area contributed by atoms with Gasteiger partial charge < -0.3 is 14.0 Å². The van der Waals surface area contributed by atoms with Crippen LogP contribution in [0.5, 0.6) is 11.5 Å². The number of halogens is 3. The Morgan fingerprint density at radius 2 is 1.63 bits per heavy atom. The predicted octanol–water partition coefficient (Wildman–Crippen LogP) is 4.96. The van der Waals surface area contributed by atoms with E-state index in [1.54, 1.807) is 5.48 Å². The van der Waals surface area contributed by atoms with Gasteiger partial charge in [0.1, 0.15) is 11.5 Å². The molecule has 4 aromatic rings. The number of sulfone groups is 1. The van der Waals surface area contributed by atoms with Crippen LogP contribution < -0.4 is 15.0 Å². The normalized spacial score (nSPS) is 15.3. The molecule has 1 fully saturated rings. The average molecular weight is 661 g/mol. The number of carbonyl (C=O) groups excluding carboxylic acids is 1. The van der Waals surface area contributed by atoms with E-state index in [9.17, 15) is 31.6 Å². The molecule has 0 saturated carbocycles. The molecule has 3 aromatic carbocycles. The second-order valence-electron chi connectivity index (χ2n) is 10.7. The summed E-state index contributed by atoms with van der Waals surface area (Å²) in [5, 5.41) is 13.3. The summed E-state index contributed by atoms with van der Waals surface area (Å²) in [5.41, 5.74) is 3.10. The molecule has 1 amide bonds. The topological polar surface area (TPSA) is 144 Å². The maximum atomic E-state index is 13.8. The van der Waals surface area contributed by atoms with Gasteiger partial charge in [-0.1, -0.05) is 35.5 Å². The van der Waals surface area contributed by atoms with E-state index in [2.05, 4.69) is 19.8 Å². The molecular weight excluding hydrogens is 629 g/mol. The number of amides is 1. The number of aryl methyl sites for hydroxylation is 1. The van der Waals surface area contributed by atoms with Crippen LogP contribution in [0.3, 0.4) is 0 Å². The first-order valence-corrected chi connectivity index (χ1v) is 15.8. The van der Waals surface area contributed by atoms with Crippen molar-refractivity contribution in [2.45, 2.75) is 48.2 Å². The number of hydrogen-bond donors (Lipinski definition) is 2. The third-order valence-electron chi connectivity index (χ3n) is 7.69. The molecule has 0 atom stereocenters. The lowest BCUT2D eigenvalue weighted by atomic mass is 9.94. The highest BCUT2D eigenvalue weighted by Gasteiger charge is 2.53. The zero-order chi connectivity index (χ0) is 32.8. The van der Waals surface area contributed by atoms with Gasteiger partial charge >= 0.3 is 6.36 Å². The largest absolute Gasteiger partial charge is 0.573 e. The lowest BCUT2D eigenvalue weighted by molar-refractivity contribution is -0.274. The van der Waals surface area contributed by atoms with Crippen LogP contribution in [-0.2, 0) is 27.6 Å². The molecule has 1 aliphatic rings. The molecule has 1 saturated heterocycles. The Kier molecular flexibility index (Phi) is 9.94. The van der Waals surface area contributed by atoms with Crippen molar-refractivity contribution < 1.29 is 45.6 Å². The van der Waals surface area contributed by atoms with E-state index in [1.807, 2.05) is 30.3 Å². The smallest absolute Gasteiger partial charge is 0.494 e. The van der Waals surface area contributed by atoms with Gasteiger partial charge in [0.25, 0.3) is 5.91 Å². The van der Waals surface area contributed by atoms with Gasteiger partial charge in [-0.3, -0.25) is 14.9 Å². The fourth-order valence-electron chi connectivity index (χ4n) is 5.27. The summed E-state index contributed by atoms with van der Waals surface area (Å²) in [4.78, 5) is 19.1. The quantitative estimate of drug-likeness (QED) is 0.122. The predicted molar refractivity (Wildman–Crippen MR) is 157 cm³/mol. The van der Waals surface area contributed by atoms with E-state index in [4.69, 9.17) is 9.26 Å². The number of piperidine rings is 1. The molecule has 1 aliphatic heterocycles. The van der Waals surface area contributed by atoms with Crippen LogP contribution in [0.15, 0.2) is 88.3 Å². The van der Waals surface area contributed by atoms with E-state index < -0.39 is 26.9 Å². The SMILES string of the molecule is O=C(NO)C1(S(=O)(=O)c2ccc(OCCCc3nc(-c4ccc(OC(F)(F)F)cc4)no3)cc2)CCN(Cc2ccccc2)CC1. The summed E-state index contributed by atoms with van der Waals surface area (Å²) in [6, 6.07) is 20.6. The minimum atomic E-state index is -4.79. The van der Waals surface area contributed by atoms with Crippen molar-refractivity contribution in [3.63, 3.8) is 0 Å². The second-order valence-corrected chi connectivity index (χ2v) is 13.0. The molecule has 1 aromatic heterocycles. The van der Waals surface area contributed by atoms with Crippen molar-refractivity contribution in [2.24, 2.45) is 0 Å². The summed E-state index contributed by atoms with van der Waals surface area (Å²) in [6.45, 7) is 1.57. The molecule has 0 unspecified atom stereocenters. The molecule has 244 valence electrons. The van der Waals surface area contributed by atoms with Crippen LogP contribution in [0.25, 0.3) is 11.4 Å². The second kappa shape index (κ2) is 13.9. The molecule has 0 bridgehead atoms. The van der Waals surface area contributed by atoms with Crippen molar-refractivity contribution in [3.8, 4) is 22.9 Å². The highest BCUT2D eigenvalue weighted by Crippen LogP contribution is 2.37. The molecule has 5 rings (SSSR count). The fraction of sp³-hybridized carbons (Fsp3) is 0.323. The van der Waals surface area contributed by atoms with Crippen LogP contribution in [-0.4, -0.2) is 65.4 Å². The summed E-state index contributed by atoms with van der Waals surface area (Å²) in [7, 11) is -4.18. The minimum Gasteiger partial charge on any atom is -0.494 e. The third kappa shape index (κ3) is 7.66. The average Bonchev–Trinajstić information content (AvgIpc) is 3.52. The minimum absolute atomic E-state index is 0.0159. The molecule has 0 aliphatic carbocycles. The number of nitrogens with one attached hydrogen (secondary N) is 1. The molecule has 0 spiro atoms. The standard InChI is InChI=1S/C31H31F3N4O7S/c32-31(33,34)44-25-10-8-23(9-11-25)28-35-27(45-37-28)7-4-20-43-24-12-14-26(15-13-24)46(41,42)30(29(39)36-40)16-18-38(19-17-30)21-22-5-2-1-3-6-22/h1-3,5-6,8-15,40H,4,7,16-21H2,(H,36,39). The summed E-state index contributed by atoms with van der Waals surface area (Å²) in [5.74, 6) is -0.398. The Morgan fingerprint density at radius 1 is 0.978 bits per heavy atom. The van der Waals surface area contributed by atoms with Crippen LogP contribution in [0.4, 0.5) is 13.2 Å². The van der Waals surface area contributed by atoms with Gasteiger partial charge in [0.2, 0.25) is 11.7 Å². The molecule has 11 nitrogen and oxygen atoms in total. The Bertz CT molecular complexity index is 1710.